The first-order valence-corrected chi connectivity index (χ1v) is 5.40. The van der Waals surface area contributed by atoms with Crippen LogP contribution in [0.3, 0.4) is 0 Å². The molecule has 14 heavy (non-hydrogen) atoms. The highest BCUT2D eigenvalue weighted by molar-refractivity contribution is 7.80. The smallest absolute Gasteiger partial charge is 0.254 e. The molecule has 0 unspecified atom stereocenters. The molecule has 0 aromatic rings. The van der Waals surface area contributed by atoms with Crippen molar-refractivity contribution >= 4 is 23.2 Å². The van der Waals surface area contributed by atoms with E-state index in [0.717, 1.165) is 6.54 Å². The van der Waals surface area contributed by atoms with Crippen LogP contribution in [0, 0.1) is 0 Å². The molecule has 0 aromatic carbocycles. The number of nitrogens with zero attached hydrogens (tertiary/aromatic N) is 2. The number of carbonyl (C=O) groups is 1. The fraction of sp³-hybridized carbons (Fsp3) is 0.800. The van der Waals surface area contributed by atoms with E-state index in [1.807, 2.05) is 39.5 Å². The van der Waals surface area contributed by atoms with Crippen LogP contribution >= 0.6 is 12.2 Å². The Kier molecular flexibility index (Phi) is 2.86. The van der Waals surface area contributed by atoms with Gasteiger partial charge in [-0.15, -0.1) is 0 Å². The van der Waals surface area contributed by atoms with Gasteiger partial charge in [-0.25, -0.2) is 0 Å². The minimum absolute atomic E-state index is 0.111. The highest BCUT2D eigenvalue weighted by Crippen LogP contribution is 2.28. The van der Waals surface area contributed by atoms with Crippen LogP contribution in [0.2, 0.25) is 0 Å². The minimum atomic E-state index is -0.476. The molecule has 1 heterocycles. The van der Waals surface area contributed by atoms with E-state index in [0.29, 0.717) is 5.11 Å². The molecule has 0 atom stereocenters. The standard InChI is InChI=1S/C10H18N2OS/c1-6-11-9(14)12(7(2)3)8(13)10(11,4)5/h7H,6H2,1-5H3. The van der Waals surface area contributed by atoms with Gasteiger partial charge in [0, 0.05) is 12.6 Å². The Bertz CT molecular complexity index is 273. The fourth-order valence-electron chi connectivity index (χ4n) is 1.85. The van der Waals surface area contributed by atoms with Crippen molar-refractivity contribution in [3.8, 4) is 0 Å². The van der Waals surface area contributed by atoms with E-state index in [-0.39, 0.29) is 11.9 Å². The van der Waals surface area contributed by atoms with E-state index < -0.39 is 5.54 Å². The van der Waals surface area contributed by atoms with Crippen molar-refractivity contribution in [2.45, 2.75) is 46.2 Å². The Morgan fingerprint density at radius 1 is 1.43 bits per heavy atom. The number of hydrogen-bond acceptors (Lipinski definition) is 2. The molecule has 0 N–H and O–H groups in total. The van der Waals surface area contributed by atoms with E-state index in [9.17, 15) is 4.79 Å². The number of rotatable bonds is 2. The monoisotopic (exact) mass is 214 g/mol. The maximum absolute atomic E-state index is 12.0. The van der Waals surface area contributed by atoms with Gasteiger partial charge >= 0.3 is 0 Å². The van der Waals surface area contributed by atoms with E-state index in [4.69, 9.17) is 12.2 Å². The van der Waals surface area contributed by atoms with Crippen molar-refractivity contribution in [2.75, 3.05) is 6.54 Å². The van der Waals surface area contributed by atoms with E-state index in [2.05, 4.69) is 0 Å². The van der Waals surface area contributed by atoms with Crippen molar-refractivity contribution in [3.05, 3.63) is 0 Å². The Hall–Kier alpha value is -0.640. The largest absolute Gasteiger partial charge is 0.335 e. The first-order chi connectivity index (χ1) is 6.34. The second kappa shape index (κ2) is 3.50. The average molecular weight is 214 g/mol. The molecule has 1 aliphatic rings. The summed E-state index contributed by atoms with van der Waals surface area (Å²) in [5, 5.41) is 0.664. The lowest BCUT2D eigenvalue weighted by Gasteiger charge is -2.27. The molecule has 1 aliphatic heterocycles. The lowest BCUT2D eigenvalue weighted by molar-refractivity contribution is -0.132. The highest BCUT2D eigenvalue weighted by Gasteiger charge is 2.48. The van der Waals surface area contributed by atoms with Crippen LogP contribution in [0.15, 0.2) is 0 Å². The third-order valence-corrected chi connectivity index (χ3v) is 3.10. The first kappa shape index (κ1) is 11.4. The van der Waals surface area contributed by atoms with Crippen molar-refractivity contribution in [1.29, 1.82) is 0 Å². The Morgan fingerprint density at radius 2 is 1.93 bits per heavy atom. The number of likely N-dealkylation sites (N-methyl/N-ethyl adjacent to an activating group) is 1. The van der Waals surface area contributed by atoms with Gasteiger partial charge in [-0.1, -0.05) is 0 Å². The van der Waals surface area contributed by atoms with Crippen LogP contribution in [-0.2, 0) is 4.79 Å². The molecule has 1 amide bonds. The van der Waals surface area contributed by atoms with Gasteiger partial charge in [0.1, 0.15) is 5.54 Å². The molecule has 0 aliphatic carbocycles. The summed E-state index contributed by atoms with van der Waals surface area (Å²) in [5.41, 5.74) is -0.476. The zero-order valence-electron chi connectivity index (χ0n) is 9.50. The number of thiocarbonyl (C=S) groups is 1. The summed E-state index contributed by atoms with van der Waals surface area (Å²) in [5.74, 6) is 0.111. The highest BCUT2D eigenvalue weighted by atomic mass is 32.1. The van der Waals surface area contributed by atoms with Crippen LogP contribution in [0.1, 0.15) is 34.6 Å². The summed E-state index contributed by atoms with van der Waals surface area (Å²) in [6, 6.07) is 0.144. The van der Waals surface area contributed by atoms with Crippen molar-refractivity contribution in [2.24, 2.45) is 0 Å². The predicted octanol–water partition coefficient (Wildman–Crippen LogP) is 1.62. The van der Waals surface area contributed by atoms with Crippen molar-refractivity contribution in [1.82, 2.24) is 9.80 Å². The first-order valence-electron chi connectivity index (χ1n) is 4.99. The van der Waals surface area contributed by atoms with Gasteiger partial charge in [-0.05, 0) is 46.8 Å². The van der Waals surface area contributed by atoms with E-state index >= 15 is 0 Å². The summed E-state index contributed by atoms with van der Waals surface area (Å²) in [6.45, 7) is 10.6. The summed E-state index contributed by atoms with van der Waals surface area (Å²) in [7, 11) is 0. The normalized spacial score (nSPS) is 21.3. The molecule has 0 bridgehead atoms. The summed E-state index contributed by atoms with van der Waals surface area (Å²) in [6.07, 6.45) is 0. The molecule has 0 radical (unpaired) electrons. The number of carbonyl (C=O) groups excluding carboxylic acids is 1. The molecular weight excluding hydrogens is 196 g/mol. The third-order valence-electron chi connectivity index (χ3n) is 2.69. The van der Waals surface area contributed by atoms with E-state index in [1.165, 1.54) is 0 Å². The van der Waals surface area contributed by atoms with Gasteiger partial charge in [-0.2, -0.15) is 0 Å². The van der Waals surface area contributed by atoms with Crippen molar-refractivity contribution in [3.63, 3.8) is 0 Å². The van der Waals surface area contributed by atoms with Gasteiger partial charge in [0.05, 0.1) is 0 Å². The van der Waals surface area contributed by atoms with Crippen LogP contribution in [-0.4, -0.2) is 38.9 Å². The van der Waals surface area contributed by atoms with Gasteiger partial charge in [0.25, 0.3) is 5.91 Å². The summed E-state index contributed by atoms with van der Waals surface area (Å²) in [4.78, 5) is 15.7. The Morgan fingerprint density at radius 3 is 2.14 bits per heavy atom. The molecule has 1 saturated heterocycles. The van der Waals surface area contributed by atoms with Gasteiger partial charge in [0.2, 0.25) is 0 Å². The second-order valence-corrected chi connectivity index (χ2v) is 4.72. The van der Waals surface area contributed by atoms with Gasteiger partial charge in [0.15, 0.2) is 5.11 Å². The molecule has 1 rings (SSSR count). The molecular formula is C10H18N2OS. The zero-order chi connectivity index (χ0) is 11.1. The minimum Gasteiger partial charge on any atom is -0.335 e. The van der Waals surface area contributed by atoms with E-state index in [1.54, 1.807) is 4.90 Å². The molecule has 0 spiro atoms. The maximum atomic E-state index is 12.0. The predicted molar refractivity (Wildman–Crippen MR) is 61.0 cm³/mol. The zero-order valence-corrected chi connectivity index (χ0v) is 10.3. The maximum Gasteiger partial charge on any atom is 0.254 e. The summed E-state index contributed by atoms with van der Waals surface area (Å²) < 4.78 is 0. The second-order valence-electron chi connectivity index (χ2n) is 4.35. The quantitative estimate of drug-likeness (QED) is 0.653. The molecule has 3 nitrogen and oxygen atoms in total. The average Bonchev–Trinajstić information content (AvgIpc) is 2.19. The number of amides is 1. The van der Waals surface area contributed by atoms with Gasteiger partial charge in [-0.3, -0.25) is 9.69 Å². The molecule has 80 valence electrons. The van der Waals surface area contributed by atoms with Crippen LogP contribution in [0.25, 0.3) is 0 Å². The molecule has 0 saturated carbocycles. The van der Waals surface area contributed by atoms with Gasteiger partial charge < -0.3 is 4.90 Å². The SMILES string of the molecule is CCN1C(=S)N(C(C)C)C(=O)C1(C)C. The molecule has 0 aromatic heterocycles. The Balaban J connectivity index is 3.08. The topological polar surface area (TPSA) is 23.6 Å². The summed E-state index contributed by atoms with van der Waals surface area (Å²) >= 11 is 5.29. The molecule has 4 heteroatoms. The number of hydrogen-bond donors (Lipinski definition) is 0. The van der Waals surface area contributed by atoms with Crippen LogP contribution < -0.4 is 0 Å². The Labute approximate surface area is 91.1 Å². The molecule has 1 fully saturated rings. The van der Waals surface area contributed by atoms with Crippen LogP contribution in [0.4, 0.5) is 0 Å². The van der Waals surface area contributed by atoms with Crippen LogP contribution in [0.5, 0.6) is 0 Å². The lowest BCUT2D eigenvalue weighted by Crippen LogP contribution is -2.44. The third kappa shape index (κ3) is 1.41. The fourth-order valence-corrected chi connectivity index (χ4v) is 2.50. The lowest BCUT2D eigenvalue weighted by atomic mass is 10.0. The van der Waals surface area contributed by atoms with Crippen molar-refractivity contribution < 1.29 is 4.79 Å².